The van der Waals surface area contributed by atoms with E-state index in [1.54, 1.807) is 6.92 Å². The zero-order valence-corrected chi connectivity index (χ0v) is 5.52. The summed E-state index contributed by atoms with van der Waals surface area (Å²) in [5.74, 6) is 0. The molecule has 0 rings (SSSR count). The first-order chi connectivity index (χ1) is 2.94. The van der Waals surface area contributed by atoms with E-state index in [-0.39, 0.29) is 62.9 Å². The monoisotopic (exact) mass is 142 g/mol. The SMILES string of the molecule is CC(O)C(C)(C)C.[KH]. The van der Waals surface area contributed by atoms with Gasteiger partial charge >= 0.3 is 51.4 Å². The molecule has 0 saturated heterocycles. The van der Waals surface area contributed by atoms with Gasteiger partial charge in [0.15, 0.2) is 0 Å². The third-order valence-electron chi connectivity index (χ3n) is 1.25. The summed E-state index contributed by atoms with van der Waals surface area (Å²) in [7, 11) is 0. The number of aliphatic hydroxyl groups is 1. The van der Waals surface area contributed by atoms with Gasteiger partial charge in [-0.1, -0.05) is 20.8 Å². The Kier molecular flexibility index (Phi) is 6.79. The molecule has 0 aromatic carbocycles. The van der Waals surface area contributed by atoms with E-state index in [0.717, 1.165) is 0 Å². The van der Waals surface area contributed by atoms with E-state index in [0.29, 0.717) is 0 Å². The molecule has 0 radical (unpaired) electrons. The predicted molar refractivity (Wildman–Crippen MR) is 38.3 cm³/mol. The van der Waals surface area contributed by atoms with Gasteiger partial charge in [0.1, 0.15) is 0 Å². The fourth-order valence-corrected chi connectivity index (χ4v) is 0. The van der Waals surface area contributed by atoms with Crippen molar-refractivity contribution in [2.24, 2.45) is 5.41 Å². The molecule has 0 spiro atoms. The first-order valence-electron chi connectivity index (χ1n) is 2.62. The van der Waals surface area contributed by atoms with Crippen LogP contribution in [-0.4, -0.2) is 62.6 Å². The van der Waals surface area contributed by atoms with Crippen molar-refractivity contribution in [2.45, 2.75) is 33.8 Å². The van der Waals surface area contributed by atoms with Crippen LogP contribution < -0.4 is 0 Å². The van der Waals surface area contributed by atoms with Crippen molar-refractivity contribution in [3.63, 3.8) is 0 Å². The Morgan fingerprint density at radius 1 is 1.25 bits per heavy atom. The Labute approximate surface area is 94.3 Å². The Morgan fingerprint density at radius 2 is 1.38 bits per heavy atom. The molecule has 1 nitrogen and oxygen atoms in total. The van der Waals surface area contributed by atoms with E-state index in [2.05, 4.69) is 0 Å². The molecule has 0 aromatic rings. The number of aliphatic hydroxyl groups excluding tert-OH is 1. The Morgan fingerprint density at radius 3 is 1.38 bits per heavy atom. The predicted octanol–water partition coefficient (Wildman–Crippen LogP) is 0.765. The summed E-state index contributed by atoms with van der Waals surface area (Å²) in [6.07, 6.45) is -0.201. The van der Waals surface area contributed by atoms with Crippen LogP contribution >= 0.6 is 0 Å². The second-order valence-corrected chi connectivity index (χ2v) is 3.04. The molecule has 0 aromatic heterocycles. The van der Waals surface area contributed by atoms with E-state index in [1.165, 1.54) is 0 Å². The molecule has 1 unspecified atom stereocenters. The molecule has 0 aliphatic carbocycles. The van der Waals surface area contributed by atoms with Crippen LogP contribution in [0.4, 0.5) is 0 Å². The van der Waals surface area contributed by atoms with Crippen LogP contribution in [0.3, 0.4) is 0 Å². The van der Waals surface area contributed by atoms with E-state index < -0.39 is 0 Å². The van der Waals surface area contributed by atoms with Gasteiger partial charge in [0, 0.05) is 0 Å². The summed E-state index contributed by atoms with van der Waals surface area (Å²) < 4.78 is 0. The molecular formula is C6H15KO. The van der Waals surface area contributed by atoms with Crippen molar-refractivity contribution in [3.05, 3.63) is 0 Å². The molecule has 1 N–H and O–H groups in total. The maximum atomic E-state index is 8.89. The minimum atomic E-state index is -0.201. The average molecular weight is 142 g/mol. The molecule has 0 amide bonds. The average Bonchev–Trinajstić information content (AvgIpc) is 1.31. The van der Waals surface area contributed by atoms with E-state index >= 15 is 0 Å². The van der Waals surface area contributed by atoms with Crippen LogP contribution in [-0.2, 0) is 0 Å². The molecule has 0 bridgehead atoms. The van der Waals surface area contributed by atoms with Crippen molar-refractivity contribution < 1.29 is 5.11 Å². The topological polar surface area (TPSA) is 20.2 Å². The van der Waals surface area contributed by atoms with Gasteiger partial charge in [-0.3, -0.25) is 0 Å². The molecule has 1 atom stereocenters. The summed E-state index contributed by atoms with van der Waals surface area (Å²) in [6, 6.07) is 0. The molecular weight excluding hydrogens is 127 g/mol. The Balaban J connectivity index is 0. The van der Waals surface area contributed by atoms with Crippen LogP contribution in [0.2, 0.25) is 0 Å². The normalized spacial score (nSPS) is 14.6. The van der Waals surface area contributed by atoms with Crippen LogP contribution in [0.15, 0.2) is 0 Å². The van der Waals surface area contributed by atoms with Gasteiger partial charge in [-0.15, -0.1) is 0 Å². The molecule has 46 valence electrons. The van der Waals surface area contributed by atoms with Crippen LogP contribution in [0.1, 0.15) is 27.7 Å². The quantitative estimate of drug-likeness (QED) is 0.495. The fourth-order valence-electron chi connectivity index (χ4n) is 0. The summed E-state index contributed by atoms with van der Waals surface area (Å²) >= 11 is 0. The molecule has 0 aliphatic rings. The van der Waals surface area contributed by atoms with Gasteiger partial charge in [0.2, 0.25) is 0 Å². The molecule has 0 heterocycles. The molecule has 2 heteroatoms. The second-order valence-electron chi connectivity index (χ2n) is 3.04. The van der Waals surface area contributed by atoms with Crippen molar-refractivity contribution in [2.75, 3.05) is 0 Å². The number of hydrogen-bond donors (Lipinski definition) is 1. The van der Waals surface area contributed by atoms with Crippen LogP contribution in [0, 0.1) is 5.41 Å². The third kappa shape index (κ3) is 5.73. The number of rotatable bonds is 0. The maximum absolute atomic E-state index is 8.89. The summed E-state index contributed by atoms with van der Waals surface area (Å²) in [5, 5.41) is 8.89. The van der Waals surface area contributed by atoms with Gasteiger partial charge < -0.3 is 5.11 Å². The standard InChI is InChI=1S/C6H14O.K.H/c1-5(7)6(2,3)4;;/h5,7H,1-4H3;;. The molecule has 0 aliphatic heterocycles. The number of hydrogen-bond acceptors (Lipinski definition) is 1. The van der Waals surface area contributed by atoms with E-state index in [9.17, 15) is 0 Å². The first kappa shape index (κ1) is 12.3. The first-order valence-corrected chi connectivity index (χ1v) is 2.62. The zero-order chi connectivity index (χ0) is 6.08. The van der Waals surface area contributed by atoms with Gasteiger partial charge in [0.25, 0.3) is 0 Å². The van der Waals surface area contributed by atoms with Crippen molar-refractivity contribution in [1.29, 1.82) is 0 Å². The van der Waals surface area contributed by atoms with Gasteiger partial charge in [-0.2, -0.15) is 0 Å². The molecule has 8 heavy (non-hydrogen) atoms. The van der Waals surface area contributed by atoms with Gasteiger partial charge in [-0.05, 0) is 12.3 Å². The summed E-state index contributed by atoms with van der Waals surface area (Å²) in [6.45, 7) is 7.84. The zero-order valence-electron chi connectivity index (χ0n) is 5.52. The third-order valence-corrected chi connectivity index (χ3v) is 1.25. The Hall–Kier alpha value is 1.60. The molecule has 0 saturated carbocycles. The second kappa shape index (κ2) is 4.42. The van der Waals surface area contributed by atoms with E-state index in [1.807, 2.05) is 20.8 Å². The van der Waals surface area contributed by atoms with E-state index in [4.69, 9.17) is 5.11 Å². The Bertz CT molecular complexity index is 54.0. The van der Waals surface area contributed by atoms with Crippen molar-refractivity contribution >= 4 is 51.4 Å². The van der Waals surface area contributed by atoms with Gasteiger partial charge in [0.05, 0.1) is 6.10 Å². The summed E-state index contributed by atoms with van der Waals surface area (Å²) in [4.78, 5) is 0. The summed E-state index contributed by atoms with van der Waals surface area (Å²) in [5.41, 5.74) is 0.0556. The molecule has 0 fully saturated rings. The fraction of sp³-hybridized carbons (Fsp3) is 1.00. The van der Waals surface area contributed by atoms with Crippen molar-refractivity contribution in [1.82, 2.24) is 0 Å². The van der Waals surface area contributed by atoms with Crippen LogP contribution in [0.5, 0.6) is 0 Å². The van der Waals surface area contributed by atoms with Crippen molar-refractivity contribution in [3.8, 4) is 0 Å². The van der Waals surface area contributed by atoms with Gasteiger partial charge in [-0.25, -0.2) is 0 Å². The van der Waals surface area contributed by atoms with Crippen LogP contribution in [0.25, 0.3) is 0 Å². The minimum absolute atomic E-state index is 0.